The minimum atomic E-state index is -0.443. The first-order chi connectivity index (χ1) is 11.7. The van der Waals surface area contributed by atoms with Crippen molar-refractivity contribution in [3.05, 3.63) is 29.6 Å². The number of rotatable bonds is 3. The van der Waals surface area contributed by atoms with Crippen LogP contribution in [0.15, 0.2) is 18.5 Å². The normalized spacial score (nSPS) is 19.0. The van der Waals surface area contributed by atoms with Crippen LogP contribution in [0, 0.1) is 0 Å². The Morgan fingerprint density at radius 2 is 2.21 bits per heavy atom. The number of hydrogen-bond donors (Lipinski definition) is 1. The van der Waals surface area contributed by atoms with Gasteiger partial charge < -0.3 is 19.5 Å². The second-order valence-corrected chi connectivity index (χ2v) is 6.19. The molecule has 1 unspecified atom stereocenters. The van der Waals surface area contributed by atoms with Gasteiger partial charge >= 0.3 is 0 Å². The first-order valence-corrected chi connectivity index (χ1v) is 8.33. The fraction of sp³-hybridized carbons (Fsp3) is 0.471. The highest BCUT2D eigenvalue weighted by Gasteiger charge is 2.36. The van der Waals surface area contributed by atoms with E-state index in [2.05, 4.69) is 9.97 Å². The fourth-order valence-electron chi connectivity index (χ4n) is 3.61. The summed E-state index contributed by atoms with van der Waals surface area (Å²) in [6.45, 7) is 4.69. The van der Waals surface area contributed by atoms with Crippen LogP contribution in [0.1, 0.15) is 29.3 Å². The molecular formula is C17H20N4O3. The predicted molar refractivity (Wildman–Crippen MR) is 87.4 cm³/mol. The summed E-state index contributed by atoms with van der Waals surface area (Å²) in [5, 5.41) is 0.882. The molecular weight excluding hydrogens is 308 g/mol. The number of morpholine rings is 1. The molecule has 1 atom stereocenters. The Morgan fingerprint density at radius 3 is 2.96 bits per heavy atom. The van der Waals surface area contributed by atoms with Gasteiger partial charge in [0.1, 0.15) is 11.7 Å². The van der Waals surface area contributed by atoms with Crippen molar-refractivity contribution in [2.24, 2.45) is 0 Å². The van der Waals surface area contributed by atoms with Crippen molar-refractivity contribution in [2.75, 3.05) is 26.3 Å². The molecule has 0 saturated carbocycles. The molecule has 2 aromatic rings. The van der Waals surface area contributed by atoms with Gasteiger partial charge in [-0.15, -0.1) is 0 Å². The third kappa shape index (κ3) is 2.27. The molecule has 1 saturated heterocycles. The van der Waals surface area contributed by atoms with Crippen molar-refractivity contribution in [3.8, 4) is 0 Å². The number of pyridine rings is 1. The molecule has 2 aliphatic rings. The van der Waals surface area contributed by atoms with Gasteiger partial charge in [0.05, 0.1) is 18.8 Å². The lowest BCUT2D eigenvalue weighted by atomic mass is 10.00. The number of hydrogen-bond acceptors (Lipinski definition) is 4. The Balaban J connectivity index is 1.65. The molecule has 2 aliphatic heterocycles. The van der Waals surface area contributed by atoms with Crippen LogP contribution >= 0.6 is 0 Å². The zero-order valence-corrected chi connectivity index (χ0v) is 13.6. The van der Waals surface area contributed by atoms with E-state index in [1.807, 2.05) is 13.0 Å². The van der Waals surface area contributed by atoms with Crippen molar-refractivity contribution >= 4 is 22.8 Å². The summed E-state index contributed by atoms with van der Waals surface area (Å²) in [4.78, 5) is 36.7. The molecule has 0 aliphatic carbocycles. The number of aromatic amines is 1. The number of nitrogens with one attached hydrogen (secondary N) is 1. The number of aromatic nitrogens is 2. The molecule has 0 radical (unpaired) electrons. The lowest BCUT2D eigenvalue weighted by Gasteiger charge is -2.37. The topological polar surface area (TPSA) is 78.5 Å². The maximum atomic E-state index is 12.9. The third-order valence-corrected chi connectivity index (χ3v) is 4.86. The largest absolute Gasteiger partial charge is 0.378 e. The van der Waals surface area contributed by atoms with Gasteiger partial charge in [-0.1, -0.05) is 6.92 Å². The highest BCUT2D eigenvalue weighted by Crippen LogP contribution is 2.30. The molecule has 7 heteroatoms. The molecule has 0 aromatic carbocycles. The van der Waals surface area contributed by atoms with Crippen LogP contribution in [-0.2, 0) is 16.1 Å². The highest BCUT2D eigenvalue weighted by molar-refractivity contribution is 6.10. The van der Waals surface area contributed by atoms with Gasteiger partial charge in [-0.25, -0.2) is 4.98 Å². The number of H-pyrrole nitrogens is 1. The Morgan fingerprint density at radius 1 is 1.42 bits per heavy atom. The number of carbonyl (C=O) groups excluding carboxylic acids is 2. The highest BCUT2D eigenvalue weighted by atomic mass is 16.5. The standard InChI is InChI=1S/C17H20N4O3/c1-2-13(17(23)20-5-7-24-8-6-20)21-10-11-3-4-18-15-14(11)12(9-19-15)16(21)22/h3-4,9,13H,2,5-8,10H2,1H3,(H,18,19). The molecule has 4 rings (SSSR count). The number of carbonyl (C=O) groups is 2. The van der Waals surface area contributed by atoms with Crippen LogP contribution < -0.4 is 0 Å². The fourth-order valence-corrected chi connectivity index (χ4v) is 3.61. The Kier molecular flexibility index (Phi) is 3.72. The van der Waals surface area contributed by atoms with Crippen LogP contribution in [0.4, 0.5) is 0 Å². The zero-order valence-electron chi connectivity index (χ0n) is 13.6. The van der Waals surface area contributed by atoms with E-state index in [9.17, 15) is 9.59 Å². The summed E-state index contributed by atoms with van der Waals surface area (Å²) in [7, 11) is 0. The lowest BCUT2D eigenvalue weighted by Crippen LogP contribution is -2.53. The number of ether oxygens (including phenoxy) is 1. The van der Waals surface area contributed by atoms with E-state index < -0.39 is 6.04 Å². The van der Waals surface area contributed by atoms with Crippen LogP contribution in [0.3, 0.4) is 0 Å². The smallest absolute Gasteiger partial charge is 0.257 e. The van der Waals surface area contributed by atoms with Crippen LogP contribution in [0.5, 0.6) is 0 Å². The molecule has 24 heavy (non-hydrogen) atoms. The van der Waals surface area contributed by atoms with E-state index in [0.29, 0.717) is 44.8 Å². The average molecular weight is 328 g/mol. The van der Waals surface area contributed by atoms with Gasteiger partial charge in [0.15, 0.2) is 0 Å². The van der Waals surface area contributed by atoms with Gasteiger partial charge in [-0.2, -0.15) is 0 Å². The molecule has 2 aromatic heterocycles. The summed E-state index contributed by atoms with van der Waals surface area (Å²) < 4.78 is 5.32. The van der Waals surface area contributed by atoms with Gasteiger partial charge in [0.25, 0.3) is 5.91 Å². The summed E-state index contributed by atoms with van der Waals surface area (Å²) in [5.74, 6) is -0.0892. The maximum Gasteiger partial charge on any atom is 0.257 e. The van der Waals surface area contributed by atoms with Crippen molar-refractivity contribution in [3.63, 3.8) is 0 Å². The monoisotopic (exact) mass is 328 g/mol. The average Bonchev–Trinajstić information content (AvgIpc) is 3.06. The van der Waals surface area contributed by atoms with Crippen LogP contribution in [0.2, 0.25) is 0 Å². The molecule has 126 valence electrons. The van der Waals surface area contributed by atoms with Crippen LogP contribution in [-0.4, -0.2) is 63.9 Å². The maximum absolute atomic E-state index is 12.9. The van der Waals surface area contributed by atoms with E-state index >= 15 is 0 Å². The Bertz CT molecular complexity index is 794. The lowest BCUT2D eigenvalue weighted by molar-refractivity contribution is -0.140. The summed E-state index contributed by atoms with van der Waals surface area (Å²) >= 11 is 0. The first-order valence-electron chi connectivity index (χ1n) is 8.33. The molecule has 7 nitrogen and oxygen atoms in total. The van der Waals surface area contributed by atoms with Gasteiger partial charge in [0, 0.05) is 37.4 Å². The number of nitrogens with zero attached hydrogens (tertiary/aromatic N) is 3. The van der Waals surface area contributed by atoms with Crippen molar-refractivity contribution < 1.29 is 14.3 Å². The second kappa shape index (κ2) is 5.90. The molecule has 2 amide bonds. The summed E-state index contributed by atoms with van der Waals surface area (Å²) in [5.41, 5.74) is 2.36. The predicted octanol–water partition coefficient (Wildman–Crippen LogP) is 1.16. The van der Waals surface area contributed by atoms with E-state index in [0.717, 1.165) is 16.6 Å². The third-order valence-electron chi connectivity index (χ3n) is 4.86. The number of amides is 2. The van der Waals surface area contributed by atoms with Gasteiger partial charge in [0.2, 0.25) is 5.91 Å². The zero-order chi connectivity index (χ0) is 16.7. The minimum Gasteiger partial charge on any atom is -0.378 e. The minimum absolute atomic E-state index is 0.0124. The molecule has 0 spiro atoms. The van der Waals surface area contributed by atoms with E-state index in [1.54, 1.807) is 22.2 Å². The molecule has 1 N–H and O–H groups in total. The second-order valence-electron chi connectivity index (χ2n) is 6.19. The Labute approximate surface area is 139 Å². The van der Waals surface area contributed by atoms with Crippen molar-refractivity contribution in [1.82, 2.24) is 19.8 Å². The van der Waals surface area contributed by atoms with Crippen molar-refractivity contribution in [1.29, 1.82) is 0 Å². The quantitative estimate of drug-likeness (QED) is 0.917. The summed E-state index contributed by atoms with van der Waals surface area (Å²) in [6.07, 6.45) is 4.02. The van der Waals surface area contributed by atoms with Gasteiger partial charge in [-0.3, -0.25) is 9.59 Å². The summed E-state index contributed by atoms with van der Waals surface area (Å²) in [6, 6.07) is 1.48. The molecule has 4 heterocycles. The van der Waals surface area contributed by atoms with Crippen LogP contribution in [0.25, 0.3) is 11.0 Å². The van der Waals surface area contributed by atoms with E-state index in [4.69, 9.17) is 4.74 Å². The molecule has 1 fully saturated rings. The van der Waals surface area contributed by atoms with Gasteiger partial charge in [-0.05, 0) is 18.1 Å². The Hall–Kier alpha value is -2.41. The first kappa shape index (κ1) is 15.1. The van der Waals surface area contributed by atoms with E-state index in [1.165, 1.54) is 0 Å². The van der Waals surface area contributed by atoms with Crippen molar-refractivity contribution in [2.45, 2.75) is 25.9 Å². The van der Waals surface area contributed by atoms with E-state index in [-0.39, 0.29) is 11.8 Å². The molecule has 0 bridgehead atoms. The SMILES string of the molecule is CCC(C(=O)N1CCOCC1)N1Cc2ccnc3[nH]cc(c23)C1=O.